The van der Waals surface area contributed by atoms with Crippen molar-refractivity contribution in [3.05, 3.63) is 47.8 Å². The van der Waals surface area contributed by atoms with Gasteiger partial charge in [-0.05, 0) is 11.1 Å². The first-order valence-corrected chi connectivity index (χ1v) is 8.00. The summed E-state index contributed by atoms with van der Waals surface area (Å²) < 4.78 is 50.1. The smallest absolute Gasteiger partial charge is 0.393 e. The highest BCUT2D eigenvalue weighted by Crippen LogP contribution is 2.21. The van der Waals surface area contributed by atoms with E-state index in [-0.39, 0.29) is 17.7 Å². The Morgan fingerprint density at radius 1 is 1.24 bits per heavy atom. The highest BCUT2D eigenvalue weighted by Gasteiger charge is 2.30. The molecule has 1 fully saturated rings. The van der Waals surface area contributed by atoms with Crippen LogP contribution >= 0.6 is 0 Å². The lowest BCUT2D eigenvalue weighted by atomic mass is 10.1. The zero-order valence-corrected chi connectivity index (χ0v) is 13.8. The minimum atomic E-state index is -4.18. The molecule has 3 rings (SSSR count). The van der Waals surface area contributed by atoms with Crippen LogP contribution in [0.4, 0.5) is 13.2 Å². The second kappa shape index (κ2) is 7.45. The summed E-state index contributed by atoms with van der Waals surface area (Å²) in [5.41, 5.74) is 1.18. The van der Waals surface area contributed by atoms with Crippen LogP contribution in [-0.2, 0) is 24.8 Å². The van der Waals surface area contributed by atoms with Gasteiger partial charge >= 0.3 is 6.18 Å². The standard InChI is InChI=1S/C17H20F3N3O2/c1-23-9-14(8-22-23)25-16-11-24-10-15(16)21-7-13-4-2-12(3-5-13)6-17(18,19)20/h2-5,8-9,15-16,21H,6-7,10-11H2,1H3/t15-,16+/m0/s1. The minimum absolute atomic E-state index is 0.00931. The Kier molecular flexibility index (Phi) is 5.29. The van der Waals surface area contributed by atoms with E-state index >= 15 is 0 Å². The van der Waals surface area contributed by atoms with E-state index in [2.05, 4.69) is 10.4 Å². The summed E-state index contributed by atoms with van der Waals surface area (Å²) in [6.07, 6.45) is -1.78. The van der Waals surface area contributed by atoms with Gasteiger partial charge in [-0.1, -0.05) is 24.3 Å². The Morgan fingerprint density at radius 3 is 2.60 bits per heavy atom. The molecule has 0 radical (unpaired) electrons. The number of ether oxygens (including phenoxy) is 2. The van der Waals surface area contributed by atoms with Gasteiger partial charge in [-0.15, -0.1) is 0 Å². The predicted octanol–water partition coefficient (Wildman–Crippen LogP) is 2.46. The molecule has 1 aliphatic rings. The van der Waals surface area contributed by atoms with Crippen molar-refractivity contribution in [2.45, 2.75) is 31.3 Å². The first-order chi connectivity index (χ1) is 11.9. The van der Waals surface area contributed by atoms with E-state index in [0.717, 1.165) is 5.56 Å². The maximum absolute atomic E-state index is 12.4. The third kappa shape index (κ3) is 5.20. The third-order valence-corrected chi connectivity index (χ3v) is 3.99. The zero-order chi connectivity index (χ0) is 17.9. The van der Waals surface area contributed by atoms with E-state index < -0.39 is 12.6 Å². The number of hydrogen-bond donors (Lipinski definition) is 1. The summed E-state index contributed by atoms with van der Waals surface area (Å²) in [6.45, 7) is 1.54. The molecule has 1 aromatic heterocycles. The Balaban J connectivity index is 1.51. The quantitative estimate of drug-likeness (QED) is 0.865. The zero-order valence-electron chi connectivity index (χ0n) is 13.8. The number of aryl methyl sites for hydroxylation is 1. The number of rotatable bonds is 6. The van der Waals surface area contributed by atoms with Crippen molar-refractivity contribution in [3.8, 4) is 5.75 Å². The van der Waals surface area contributed by atoms with Gasteiger partial charge in [0.1, 0.15) is 6.10 Å². The molecule has 1 aromatic carbocycles. The molecule has 2 aromatic rings. The molecule has 2 heterocycles. The summed E-state index contributed by atoms with van der Waals surface area (Å²) in [5.74, 6) is 0.682. The van der Waals surface area contributed by atoms with Crippen LogP contribution in [0.2, 0.25) is 0 Å². The maximum Gasteiger partial charge on any atom is 0.393 e. The first-order valence-electron chi connectivity index (χ1n) is 8.00. The van der Waals surface area contributed by atoms with Gasteiger partial charge in [-0.25, -0.2) is 0 Å². The SMILES string of the molecule is Cn1cc(O[C@@H]2COC[C@@H]2NCc2ccc(CC(F)(F)F)cc2)cn1. The number of nitrogens with one attached hydrogen (secondary N) is 1. The first kappa shape index (κ1) is 17.8. The highest BCUT2D eigenvalue weighted by molar-refractivity contribution is 5.23. The molecule has 1 saturated heterocycles. The number of nitrogens with zero attached hydrogens (tertiary/aromatic N) is 2. The van der Waals surface area contributed by atoms with Gasteiger partial charge in [-0.3, -0.25) is 4.68 Å². The van der Waals surface area contributed by atoms with Crippen LogP contribution < -0.4 is 10.1 Å². The summed E-state index contributed by atoms with van der Waals surface area (Å²) in [6, 6.07) is 6.45. The van der Waals surface area contributed by atoms with Gasteiger partial charge in [0.2, 0.25) is 0 Å². The summed E-state index contributed by atoms with van der Waals surface area (Å²) in [7, 11) is 1.82. The fraction of sp³-hybridized carbons (Fsp3) is 0.471. The summed E-state index contributed by atoms with van der Waals surface area (Å²) in [5, 5.41) is 7.40. The van der Waals surface area contributed by atoms with Gasteiger partial charge in [0.05, 0.1) is 38.1 Å². The Hall–Kier alpha value is -2.06. The third-order valence-electron chi connectivity index (χ3n) is 3.99. The molecule has 0 aliphatic carbocycles. The lowest BCUT2D eigenvalue weighted by Gasteiger charge is -2.19. The molecule has 1 N–H and O–H groups in total. The average molecular weight is 355 g/mol. The van der Waals surface area contributed by atoms with E-state index in [1.807, 2.05) is 7.05 Å². The molecule has 8 heteroatoms. The van der Waals surface area contributed by atoms with Crippen LogP contribution in [0.15, 0.2) is 36.7 Å². The van der Waals surface area contributed by atoms with Gasteiger partial charge in [0, 0.05) is 13.6 Å². The molecule has 0 bridgehead atoms. The number of halogens is 3. The van der Waals surface area contributed by atoms with E-state index in [9.17, 15) is 13.2 Å². The van der Waals surface area contributed by atoms with Gasteiger partial charge in [0.15, 0.2) is 5.75 Å². The fourth-order valence-corrected chi connectivity index (χ4v) is 2.73. The van der Waals surface area contributed by atoms with Crippen LogP contribution in [0.3, 0.4) is 0 Å². The summed E-state index contributed by atoms with van der Waals surface area (Å²) in [4.78, 5) is 0. The number of benzene rings is 1. The van der Waals surface area contributed by atoms with E-state index in [1.54, 1.807) is 29.2 Å². The largest absolute Gasteiger partial charge is 0.483 e. The molecule has 136 valence electrons. The van der Waals surface area contributed by atoms with Crippen molar-refractivity contribution in [1.29, 1.82) is 0 Å². The van der Waals surface area contributed by atoms with Crippen LogP contribution in [-0.4, -0.2) is 41.3 Å². The monoisotopic (exact) mass is 355 g/mol. The second-order valence-corrected chi connectivity index (χ2v) is 6.14. The van der Waals surface area contributed by atoms with Gasteiger partial charge in [0.25, 0.3) is 0 Å². The lowest BCUT2D eigenvalue weighted by molar-refractivity contribution is -0.127. The predicted molar refractivity (Wildman–Crippen MR) is 85.3 cm³/mol. The molecule has 5 nitrogen and oxygen atoms in total. The van der Waals surface area contributed by atoms with Crippen molar-refractivity contribution < 1.29 is 22.6 Å². The maximum atomic E-state index is 12.4. The summed E-state index contributed by atoms with van der Waals surface area (Å²) >= 11 is 0. The van der Waals surface area contributed by atoms with Crippen molar-refractivity contribution >= 4 is 0 Å². The van der Waals surface area contributed by atoms with Crippen LogP contribution in [0.25, 0.3) is 0 Å². The molecule has 0 saturated carbocycles. The van der Waals surface area contributed by atoms with E-state index in [4.69, 9.17) is 9.47 Å². The van der Waals surface area contributed by atoms with Crippen LogP contribution in [0.1, 0.15) is 11.1 Å². The Labute approximate surface area is 143 Å². The molecule has 25 heavy (non-hydrogen) atoms. The van der Waals surface area contributed by atoms with Crippen molar-refractivity contribution in [2.75, 3.05) is 13.2 Å². The molecule has 2 atom stereocenters. The molecular formula is C17H20F3N3O2. The molecule has 0 unspecified atom stereocenters. The van der Waals surface area contributed by atoms with Crippen molar-refractivity contribution in [1.82, 2.24) is 15.1 Å². The molecular weight excluding hydrogens is 335 g/mol. The normalized spacial score (nSPS) is 20.8. The Bertz CT molecular complexity index is 685. The minimum Gasteiger partial charge on any atom is -0.483 e. The second-order valence-electron chi connectivity index (χ2n) is 6.14. The number of alkyl halides is 3. The van der Waals surface area contributed by atoms with Crippen molar-refractivity contribution in [2.24, 2.45) is 7.05 Å². The average Bonchev–Trinajstić information content (AvgIpc) is 3.14. The van der Waals surface area contributed by atoms with Gasteiger partial charge < -0.3 is 14.8 Å². The lowest BCUT2D eigenvalue weighted by Crippen LogP contribution is -2.41. The number of hydrogen-bond acceptors (Lipinski definition) is 4. The van der Waals surface area contributed by atoms with Crippen LogP contribution in [0.5, 0.6) is 5.75 Å². The van der Waals surface area contributed by atoms with E-state index in [1.165, 1.54) is 12.1 Å². The highest BCUT2D eigenvalue weighted by atomic mass is 19.4. The molecule has 0 spiro atoms. The van der Waals surface area contributed by atoms with Crippen LogP contribution in [0, 0.1) is 0 Å². The number of aromatic nitrogens is 2. The topological polar surface area (TPSA) is 48.3 Å². The van der Waals surface area contributed by atoms with E-state index in [0.29, 0.717) is 25.5 Å². The van der Waals surface area contributed by atoms with Crippen molar-refractivity contribution in [3.63, 3.8) is 0 Å². The fourth-order valence-electron chi connectivity index (χ4n) is 2.73. The van der Waals surface area contributed by atoms with Gasteiger partial charge in [-0.2, -0.15) is 18.3 Å². The molecule has 1 aliphatic heterocycles. The Morgan fingerprint density at radius 2 is 1.96 bits per heavy atom. The molecule has 0 amide bonds.